The highest BCUT2D eigenvalue weighted by Crippen LogP contribution is 2.29. The molecule has 0 saturated carbocycles. The molecule has 0 spiro atoms. The minimum Gasteiger partial charge on any atom is -0.316 e. The molecule has 1 aromatic heterocycles. The van der Waals surface area contributed by atoms with Gasteiger partial charge in [-0.1, -0.05) is 13.8 Å². The summed E-state index contributed by atoms with van der Waals surface area (Å²) in [5.41, 5.74) is -0.683. The van der Waals surface area contributed by atoms with E-state index in [-0.39, 0.29) is 6.04 Å². The van der Waals surface area contributed by atoms with Gasteiger partial charge in [0.25, 0.3) is 0 Å². The van der Waals surface area contributed by atoms with E-state index in [9.17, 15) is 13.2 Å². The fourth-order valence-corrected chi connectivity index (χ4v) is 1.77. The van der Waals surface area contributed by atoms with Crippen molar-refractivity contribution in [2.75, 3.05) is 13.1 Å². The fraction of sp³-hybridized carbons (Fsp3) is 0.769. The standard InChI is InChI=1S/C13H22F3N3/c1-10(2)7-17-6-4-5-11(3)19-9-12(8-18-19)13(14,15)16/h8-11,17H,4-7H2,1-3H3. The topological polar surface area (TPSA) is 29.9 Å². The van der Waals surface area contributed by atoms with Crippen molar-refractivity contribution in [2.24, 2.45) is 5.92 Å². The largest absolute Gasteiger partial charge is 0.419 e. The Hall–Kier alpha value is -1.04. The van der Waals surface area contributed by atoms with Crippen LogP contribution in [0.5, 0.6) is 0 Å². The Morgan fingerprint density at radius 3 is 2.53 bits per heavy atom. The maximum atomic E-state index is 12.4. The Labute approximate surface area is 112 Å². The quantitative estimate of drug-likeness (QED) is 0.773. The lowest BCUT2D eigenvalue weighted by molar-refractivity contribution is -0.137. The minimum absolute atomic E-state index is 0.0167. The molecule has 3 nitrogen and oxygen atoms in total. The molecule has 0 saturated heterocycles. The summed E-state index contributed by atoms with van der Waals surface area (Å²) >= 11 is 0. The van der Waals surface area contributed by atoms with E-state index in [4.69, 9.17) is 0 Å². The number of hydrogen-bond acceptors (Lipinski definition) is 2. The van der Waals surface area contributed by atoms with Gasteiger partial charge in [-0.25, -0.2) is 0 Å². The molecule has 0 aliphatic heterocycles. The molecular formula is C13H22F3N3. The van der Waals surface area contributed by atoms with E-state index in [1.807, 2.05) is 6.92 Å². The van der Waals surface area contributed by atoms with Gasteiger partial charge in [-0.3, -0.25) is 4.68 Å². The molecular weight excluding hydrogens is 255 g/mol. The Morgan fingerprint density at radius 1 is 1.32 bits per heavy atom. The van der Waals surface area contributed by atoms with Crippen LogP contribution in [0.25, 0.3) is 0 Å². The number of alkyl halides is 3. The molecule has 1 heterocycles. The Bertz CT molecular complexity index is 371. The number of aromatic nitrogens is 2. The second kappa shape index (κ2) is 6.93. The molecule has 0 radical (unpaired) electrons. The van der Waals surface area contributed by atoms with Gasteiger partial charge in [0.2, 0.25) is 0 Å². The Balaban J connectivity index is 2.33. The van der Waals surface area contributed by atoms with Gasteiger partial charge in [-0.05, 0) is 38.8 Å². The first-order valence-electron chi connectivity index (χ1n) is 6.62. The molecule has 0 bridgehead atoms. The number of halogens is 3. The van der Waals surface area contributed by atoms with Crippen LogP contribution in [0, 0.1) is 5.92 Å². The third-order valence-electron chi connectivity index (χ3n) is 2.91. The number of nitrogens with zero attached hydrogens (tertiary/aromatic N) is 2. The zero-order chi connectivity index (χ0) is 14.5. The molecule has 0 fully saturated rings. The van der Waals surface area contributed by atoms with Gasteiger partial charge in [0, 0.05) is 12.2 Å². The SMILES string of the molecule is CC(C)CNCCCC(C)n1cc(C(F)(F)F)cn1. The van der Waals surface area contributed by atoms with Gasteiger partial charge in [0.15, 0.2) is 0 Å². The first-order chi connectivity index (χ1) is 8.80. The van der Waals surface area contributed by atoms with Crippen molar-refractivity contribution in [3.05, 3.63) is 18.0 Å². The molecule has 0 aliphatic carbocycles. The Morgan fingerprint density at radius 2 is 2.00 bits per heavy atom. The van der Waals surface area contributed by atoms with Crippen molar-refractivity contribution in [2.45, 2.75) is 45.8 Å². The number of nitrogens with one attached hydrogen (secondary N) is 1. The van der Waals surface area contributed by atoms with Crippen LogP contribution in [0.15, 0.2) is 12.4 Å². The van der Waals surface area contributed by atoms with Crippen molar-refractivity contribution in [1.82, 2.24) is 15.1 Å². The van der Waals surface area contributed by atoms with Crippen LogP contribution in [0.1, 0.15) is 45.2 Å². The molecule has 1 atom stereocenters. The van der Waals surface area contributed by atoms with Crippen molar-refractivity contribution in [3.63, 3.8) is 0 Å². The molecule has 6 heteroatoms. The van der Waals surface area contributed by atoms with Crippen molar-refractivity contribution < 1.29 is 13.2 Å². The van der Waals surface area contributed by atoms with Gasteiger partial charge >= 0.3 is 6.18 Å². The van der Waals surface area contributed by atoms with Gasteiger partial charge in [-0.2, -0.15) is 18.3 Å². The summed E-state index contributed by atoms with van der Waals surface area (Å²) in [6.07, 6.45) is -0.615. The molecule has 1 N–H and O–H groups in total. The monoisotopic (exact) mass is 277 g/mol. The first kappa shape index (κ1) is 16.0. The van der Waals surface area contributed by atoms with E-state index in [2.05, 4.69) is 24.3 Å². The van der Waals surface area contributed by atoms with Crippen LogP contribution in [-0.2, 0) is 6.18 Å². The van der Waals surface area contributed by atoms with Crippen LogP contribution in [-0.4, -0.2) is 22.9 Å². The average molecular weight is 277 g/mol. The zero-order valence-corrected chi connectivity index (χ0v) is 11.7. The lowest BCUT2D eigenvalue weighted by Gasteiger charge is -2.13. The molecule has 0 aromatic carbocycles. The summed E-state index contributed by atoms with van der Waals surface area (Å²) < 4.78 is 38.7. The van der Waals surface area contributed by atoms with Gasteiger partial charge in [0.1, 0.15) is 0 Å². The number of rotatable bonds is 7. The van der Waals surface area contributed by atoms with Crippen molar-refractivity contribution >= 4 is 0 Å². The summed E-state index contributed by atoms with van der Waals surface area (Å²) in [7, 11) is 0. The van der Waals surface area contributed by atoms with Crippen molar-refractivity contribution in [1.29, 1.82) is 0 Å². The predicted molar refractivity (Wildman–Crippen MR) is 68.9 cm³/mol. The van der Waals surface area contributed by atoms with Crippen LogP contribution in [0.2, 0.25) is 0 Å². The van der Waals surface area contributed by atoms with Gasteiger partial charge < -0.3 is 5.32 Å². The van der Waals surface area contributed by atoms with E-state index >= 15 is 0 Å². The van der Waals surface area contributed by atoms with Gasteiger partial charge in [-0.15, -0.1) is 0 Å². The molecule has 0 aliphatic rings. The lowest BCUT2D eigenvalue weighted by Crippen LogP contribution is -2.21. The minimum atomic E-state index is -4.31. The highest BCUT2D eigenvalue weighted by Gasteiger charge is 2.32. The second-order valence-corrected chi connectivity index (χ2v) is 5.30. The summed E-state index contributed by atoms with van der Waals surface area (Å²) in [5.74, 6) is 0.609. The Kier molecular flexibility index (Phi) is 5.85. The molecule has 1 unspecified atom stereocenters. The van der Waals surface area contributed by atoms with E-state index < -0.39 is 11.7 Å². The maximum absolute atomic E-state index is 12.4. The predicted octanol–water partition coefficient (Wildman–Crippen LogP) is 3.49. The molecule has 1 rings (SSSR count). The summed E-state index contributed by atoms with van der Waals surface area (Å²) in [4.78, 5) is 0. The molecule has 1 aromatic rings. The molecule has 110 valence electrons. The normalized spacial score (nSPS) is 14.1. The van der Waals surface area contributed by atoms with E-state index in [0.29, 0.717) is 5.92 Å². The fourth-order valence-electron chi connectivity index (χ4n) is 1.77. The van der Waals surface area contributed by atoms with Crippen LogP contribution < -0.4 is 5.32 Å². The highest BCUT2D eigenvalue weighted by molar-refractivity contribution is 5.08. The summed E-state index contributed by atoms with van der Waals surface area (Å²) in [6, 6.07) is -0.0167. The van der Waals surface area contributed by atoms with Crippen LogP contribution in [0.3, 0.4) is 0 Å². The smallest absolute Gasteiger partial charge is 0.316 e. The third-order valence-corrected chi connectivity index (χ3v) is 2.91. The van der Waals surface area contributed by atoms with E-state index in [1.54, 1.807) is 0 Å². The molecule has 19 heavy (non-hydrogen) atoms. The summed E-state index contributed by atoms with van der Waals surface area (Å²) in [5, 5.41) is 7.10. The van der Waals surface area contributed by atoms with Crippen LogP contribution >= 0.6 is 0 Å². The van der Waals surface area contributed by atoms with Crippen LogP contribution in [0.4, 0.5) is 13.2 Å². The van der Waals surface area contributed by atoms with E-state index in [0.717, 1.165) is 38.3 Å². The van der Waals surface area contributed by atoms with Crippen molar-refractivity contribution in [3.8, 4) is 0 Å². The number of hydrogen-bond donors (Lipinski definition) is 1. The second-order valence-electron chi connectivity index (χ2n) is 5.30. The van der Waals surface area contributed by atoms with E-state index in [1.165, 1.54) is 4.68 Å². The average Bonchev–Trinajstić information content (AvgIpc) is 2.76. The maximum Gasteiger partial charge on any atom is 0.419 e. The third kappa shape index (κ3) is 5.63. The molecule has 0 amide bonds. The lowest BCUT2D eigenvalue weighted by atomic mass is 10.1. The highest BCUT2D eigenvalue weighted by atomic mass is 19.4. The summed E-state index contributed by atoms with van der Waals surface area (Å²) in [6.45, 7) is 8.01. The van der Waals surface area contributed by atoms with Gasteiger partial charge in [0.05, 0.1) is 11.8 Å². The first-order valence-corrected chi connectivity index (χ1v) is 6.62. The zero-order valence-electron chi connectivity index (χ0n) is 11.7.